The Morgan fingerprint density at radius 1 is 1.30 bits per heavy atom. The molecule has 2 N–H and O–H groups in total. The summed E-state index contributed by atoms with van der Waals surface area (Å²) in [6.07, 6.45) is 6.69. The molecule has 1 aliphatic carbocycles. The fourth-order valence-corrected chi connectivity index (χ4v) is 2.31. The topological polar surface area (TPSA) is 63.2 Å². The van der Waals surface area contributed by atoms with Gasteiger partial charge in [0, 0.05) is 19.1 Å². The molecule has 5 heteroatoms. The number of amides is 1. The lowest BCUT2D eigenvalue weighted by Crippen LogP contribution is -2.36. The zero-order valence-corrected chi connectivity index (χ0v) is 11.6. The highest BCUT2D eigenvalue weighted by Gasteiger charge is 2.22. The highest BCUT2D eigenvalue weighted by atomic mass is 16.5. The molecular formula is C15H21N3O2. The molecule has 0 radical (unpaired) electrons. The predicted octanol–water partition coefficient (Wildman–Crippen LogP) is 1.38. The summed E-state index contributed by atoms with van der Waals surface area (Å²) in [6.45, 7) is 1.55. The number of carbonyl (C=O) groups excluding carboxylic acids is 1. The average molecular weight is 275 g/mol. The summed E-state index contributed by atoms with van der Waals surface area (Å²) in [6, 6.07) is 4.54. The number of hydrogen-bond donors (Lipinski definition) is 2. The molecule has 1 saturated carbocycles. The smallest absolute Gasteiger partial charge is 0.261 e. The Bertz CT molecular complexity index is 457. The first-order chi connectivity index (χ1) is 9.81. The Labute approximate surface area is 119 Å². The normalized spacial score (nSPS) is 23.0. The number of pyridine rings is 1. The van der Waals surface area contributed by atoms with Gasteiger partial charge in [0.1, 0.15) is 5.75 Å². The molecule has 1 aliphatic heterocycles. The Morgan fingerprint density at radius 3 is 2.95 bits per heavy atom. The van der Waals surface area contributed by atoms with E-state index in [0.29, 0.717) is 11.8 Å². The van der Waals surface area contributed by atoms with E-state index in [-0.39, 0.29) is 12.0 Å². The van der Waals surface area contributed by atoms with Crippen LogP contribution in [0.15, 0.2) is 18.3 Å². The van der Waals surface area contributed by atoms with Crippen LogP contribution in [0.5, 0.6) is 5.75 Å². The van der Waals surface area contributed by atoms with Gasteiger partial charge < -0.3 is 15.4 Å². The van der Waals surface area contributed by atoms with Gasteiger partial charge in [-0.15, -0.1) is 0 Å². The number of hydrogen-bond acceptors (Lipinski definition) is 4. The summed E-state index contributed by atoms with van der Waals surface area (Å²) in [5.74, 6) is 0.657. The molecule has 1 aromatic rings. The van der Waals surface area contributed by atoms with Crippen molar-refractivity contribution in [2.45, 2.75) is 50.8 Å². The molecule has 108 valence electrons. The van der Waals surface area contributed by atoms with E-state index in [9.17, 15) is 4.79 Å². The molecule has 20 heavy (non-hydrogen) atoms. The maximum Gasteiger partial charge on any atom is 0.261 e. The molecule has 2 heterocycles. The minimum absolute atomic E-state index is 0.0121. The van der Waals surface area contributed by atoms with Crippen LogP contribution in [0.1, 0.15) is 37.8 Å². The maximum atomic E-state index is 11.8. The summed E-state index contributed by atoms with van der Waals surface area (Å²) in [7, 11) is 0. The van der Waals surface area contributed by atoms with Crippen molar-refractivity contribution >= 4 is 5.91 Å². The van der Waals surface area contributed by atoms with Gasteiger partial charge in [-0.3, -0.25) is 9.78 Å². The van der Waals surface area contributed by atoms with E-state index in [0.717, 1.165) is 38.0 Å². The third-order valence-corrected chi connectivity index (χ3v) is 3.71. The Hall–Kier alpha value is -1.62. The Morgan fingerprint density at radius 2 is 2.20 bits per heavy atom. The van der Waals surface area contributed by atoms with Crippen molar-refractivity contribution in [3.8, 4) is 5.75 Å². The third kappa shape index (κ3) is 3.70. The van der Waals surface area contributed by atoms with E-state index < -0.39 is 0 Å². The van der Waals surface area contributed by atoms with Crippen LogP contribution >= 0.6 is 0 Å². The first kappa shape index (κ1) is 13.4. The van der Waals surface area contributed by atoms with Crippen LogP contribution in [0.4, 0.5) is 0 Å². The second kappa shape index (κ2) is 6.22. The molecular weight excluding hydrogens is 254 g/mol. The number of rotatable bonds is 5. The largest absolute Gasteiger partial charge is 0.479 e. The van der Waals surface area contributed by atoms with E-state index in [1.54, 1.807) is 6.20 Å². The molecule has 5 nitrogen and oxygen atoms in total. The van der Waals surface area contributed by atoms with Crippen molar-refractivity contribution in [1.82, 2.24) is 15.6 Å². The van der Waals surface area contributed by atoms with Crippen LogP contribution in [0.25, 0.3) is 0 Å². The number of nitrogens with one attached hydrogen (secondary N) is 2. The lowest BCUT2D eigenvalue weighted by Gasteiger charge is -2.15. The third-order valence-electron chi connectivity index (χ3n) is 3.71. The molecule has 1 amide bonds. The summed E-state index contributed by atoms with van der Waals surface area (Å²) in [5, 5.41) is 6.29. The first-order valence-corrected chi connectivity index (χ1v) is 7.44. The van der Waals surface area contributed by atoms with Crippen LogP contribution in [0, 0.1) is 0 Å². The van der Waals surface area contributed by atoms with E-state index in [1.165, 1.54) is 12.8 Å². The molecule has 0 bridgehead atoms. The number of ether oxygens (including phenoxy) is 1. The standard InChI is InChI=1S/C15H21N3O2/c19-15-14(3-1-2-8-16-15)20-13-7-6-12(18-10-13)9-17-11-4-5-11/h6-7,10-11,14,17H,1-5,8-9H2,(H,16,19). The molecule has 0 spiro atoms. The van der Waals surface area contributed by atoms with Crippen LogP contribution < -0.4 is 15.4 Å². The molecule has 2 aliphatic rings. The Kier molecular flexibility index (Phi) is 4.16. The van der Waals surface area contributed by atoms with Gasteiger partial charge in [0.15, 0.2) is 6.10 Å². The molecule has 0 aromatic carbocycles. The van der Waals surface area contributed by atoms with Gasteiger partial charge in [-0.2, -0.15) is 0 Å². The van der Waals surface area contributed by atoms with Gasteiger partial charge in [-0.05, 0) is 44.2 Å². The number of carbonyl (C=O) groups is 1. The first-order valence-electron chi connectivity index (χ1n) is 7.44. The van der Waals surface area contributed by atoms with Crippen LogP contribution in [0.3, 0.4) is 0 Å². The molecule has 1 saturated heterocycles. The van der Waals surface area contributed by atoms with Crippen molar-refractivity contribution < 1.29 is 9.53 Å². The van der Waals surface area contributed by atoms with Crippen molar-refractivity contribution in [3.63, 3.8) is 0 Å². The highest BCUT2D eigenvalue weighted by molar-refractivity contribution is 5.81. The van der Waals surface area contributed by atoms with Gasteiger partial charge in [0.2, 0.25) is 0 Å². The minimum atomic E-state index is -0.380. The van der Waals surface area contributed by atoms with Gasteiger partial charge >= 0.3 is 0 Å². The fourth-order valence-electron chi connectivity index (χ4n) is 2.31. The van der Waals surface area contributed by atoms with Crippen LogP contribution in [0.2, 0.25) is 0 Å². The molecule has 1 aromatic heterocycles. The highest BCUT2D eigenvalue weighted by Crippen LogP contribution is 2.20. The summed E-state index contributed by atoms with van der Waals surface area (Å²) >= 11 is 0. The molecule has 1 unspecified atom stereocenters. The second-order valence-electron chi connectivity index (χ2n) is 5.53. The summed E-state index contributed by atoms with van der Waals surface area (Å²) in [4.78, 5) is 16.2. The average Bonchev–Trinajstić information content (AvgIpc) is 3.29. The molecule has 1 atom stereocenters. The SMILES string of the molecule is O=C1NCCCCC1Oc1ccc(CNC2CC2)nc1. The van der Waals surface area contributed by atoms with E-state index in [2.05, 4.69) is 15.6 Å². The lowest BCUT2D eigenvalue weighted by molar-refractivity contribution is -0.127. The van der Waals surface area contributed by atoms with E-state index >= 15 is 0 Å². The van der Waals surface area contributed by atoms with Crippen molar-refractivity contribution in [2.24, 2.45) is 0 Å². The van der Waals surface area contributed by atoms with Crippen molar-refractivity contribution in [2.75, 3.05) is 6.54 Å². The fraction of sp³-hybridized carbons (Fsp3) is 0.600. The quantitative estimate of drug-likeness (QED) is 0.852. The lowest BCUT2D eigenvalue weighted by atomic mass is 10.2. The van der Waals surface area contributed by atoms with E-state index in [4.69, 9.17) is 4.74 Å². The minimum Gasteiger partial charge on any atom is -0.479 e. The second-order valence-corrected chi connectivity index (χ2v) is 5.53. The van der Waals surface area contributed by atoms with Gasteiger partial charge in [-0.1, -0.05) is 0 Å². The number of nitrogens with zero attached hydrogens (tertiary/aromatic N) is 1. The van der Waals surface area contributed by atoms with Crippen molar-refractivity contribution in [3.05, 3.63) is 24.0 Å². The van der Waals surface area contributed by atoms with Crippen LogP contribution in [-0.2, 0) is 11.3 Å². The summed E-state index contributed by atoms with van der Waals surface area (Å²) < 4.78 is 5.75. The zero-order chi connectivity index (χ0) is 13.8. The van der Waals surface area contributed by atoms with Crippen molar-refractivity contribution in [1.29, 1.82) is 0 Å². The van der Waals surface area contributed by atoms with Gasteiger partial charge in [-0.25, -0.2) is 0 Å². The summed E-state index contributed by atoms with van der Waals surface area (Å²) in [5.41, 5.74) is 1.01. The zero-order valence-electron chi connectivity index (χ0n) is 11.6. The predicted molar refractivity (Wildman–Crippen MR) is 75.4 cm³/mol. The molecule has 2 fully saturated rings. The van der Waals surface area contributed by atoms with E-state index in [1.807, 2.05) is 12.1 Å². The van der Waals surface area contributed by atoms with Gasteiger partial charge in [0.25, 0.3) is 5.91 Å². The Balaban J connectivity index is 1.54. The maximum absolute atomic E-state index is 11.8. The monoisotopic (exact) mass is 275 g/mol. The van der Waals surface area contributed by atoms with Gasteiger partial charge in [0.05, 0.1) is 11.9 Å². The molecule has 3 rings (SSSR count). The van der Waals surface area contributed by atoms with Crippen LogP contribution in [-0.4, -0.2) is 29.6 Å². The number of aromatic nitrogens is 1.